The molecule has 0 radical (unpaired) electrons. The van der Waals surface area contributed by atoms with E-state index in [1.807, 2.05) is 41.8 Å². The average molecular weight is 523 g/mol. The largest absolute Gasteiger partial charge is 0.416 e. The van der Waals surface area contributed by atoms with Gasteiger partial charge in [0.05, 0.1) is 23.0 Å². The number of amides is 1. The molecule has 0 N–H and O–H groups in total. The number of rotatable bonds is 7. The van der Waals surface area contributed by atoms with E-state index in [0.717, 1.165) is 33.6 Å². The molecule has 35 heavy (non-hydrogen) atoms. The van der Waals surface area contributed by atoms with E-state index < -0.39 is 33.2 Å². The highest BCUT2D eigenvalue weighted by molar-refractivity contribution is 7.89. The van der Waals surface area contributed by atoms with Crippen molar-refractivity contribution in [3.05, 3.63) is 87.6 Å². The summed E-state index contributed by atoms with van der Waals surface area (Å²) in [6.45, 7) is 1.74. The molecule has 1 aliphatic rings. The summed E-state index contributed by atoms with van der Waals surface area (Å²) in [4.78, 5) is 15.9. The van der Waals surface area contributed by atoms with E-state index in [9.17, 15) is 26.4 Å². The van der Waals surface area contributed by atoms with Crippen LogP contribution in [-0.2, 0) is 27.4 Å². The van der Waals surface area contributed by atoms with E-state index in [1.165, 1.54) is 4.88 Å². The summed E-state index contributed by atoms with van der Waals surface area (Å²) in [7, 11) is -4.32. The molecule has 2 heterocycles. The monoisotopic (exact) mass is 522 g/mol. The van der Waals surface area contributed by atoms with Crippen LogP contribution in [-0.4, -0.2) is 43.2 Å². The van der Waals surface area contributed by atoms with Crippen molar-refractivity contribution < 1.29 is 26.4 Å². The Morgan fingerprint density at radius 3 is 2.54 bits per heavy atom. The zero-order valence-corrected chi connectivity index (χ0v) is 20.7. The van der Waals surface area contributed by atoms with Gasteiger partial charge in [-0.05, 0) is 53.6 Å². The van der Waals surface area contributed by atoms with Crippen LogP contribution in [0.25, 0.3) is 0 Å². The lowest BCUT2D eigenvalue weighted by Crippen LogP contribution is -2.46. The fraction of sp³-hybridized carbons (Fsp3) is 0.320. The Bertz CT molecular complexity index is 1290. The Labute approximate surface area is 206 Å². The quantitative estimate of drug-likeness (QED) is 0.421. The Morgan fingerprint density at radius 2 is 1.86 bits per heavy atom. The lowest BCUT2D eigenvalue weighted by molar-refractivity contribution is -0.137. The highest BCUT2D eigenvalue weighted by Gasteiger charge is 2.36. The molecule has 10 heteroatoms. The molecule has 4 rings (SSSR count). The zero-order chi connectivity index (χ0) is 25.2. The number of sulfonamides is 1. The van der Waals surface area contributed by atoms with Crippen molar-refractivity contribution in [1.82, 2.24) is 9.21 Å². The van der Waals surface area contributed by atoms with Gasteiger partial charge in [-0.3, -0.25) is 4.79 Å². The summed E-state index contributed by atoms with van der Waals surface area (Å²) in [5.41, 5.74) is 0.887. The van der Waals surface area contributed by atoms with Gasteiger partial charge >= 0.3 is 6.18 Å². The first-order valence-corrected chi connectivity index (χ1v) is 13.5. The second-order valence-electron chi connectivity index (χ2n) is 8.31. The number of benzene rings is 2. The van der Waals surface area contributed by atoms with Crippen LogP contribution in [0, 0.1) is 0 Å². The van der Waals surface area contributed by atoms with E-state index >= 15 is 0 Å². The number of alkyl halides is 3. The van der Waals surface area contributed by atoms with E-state index in [-0.39, 0.29) is 18.5 Å². The molecule has 1 unspecified atom stereocenters. The third kappa shape index (κ3) is 5.29. The number of halogens is 3. The van der Waals surface area contributed by atoms with Crippen LogP contribution >= 0.6 is 11.3 Å². The Balaban J connectivity index is 1.65. The van der Waals surface area contributed by atoms with Crippen molar-refractivity contribution in [2.75, 3.05) is 19.6 Å². The van der Waals surface area contributed by atoms with Crippen LogP contribution in [0.15, 0.2) is 70.9 Å². The molecule has 0 fully saturated rings. The molecule has 2 aromatic carbocycles. The van der Waals surface area contributed by atoms with E-state index in [0.29, 0.717) is 25.5 Å². The second kappa shape index (κ2) is 10.1. The lowest BCUT2D eigenvalue weighted by Gasteiger charge is -2.37. The Hall–Kier alpha value is -2.69. The molecule has 3 aromatic rings. The topological polar surface area (TPSA) is 57.7 Å². The molecular formula is C25H25F3N2O3S2. The van der Waals surface area contributed by atoms with Gasteiger partial charge in [0.2, 0.25) is 15.9 Å². The van der Waals surface area contributed by atoms with Gasteiger partial charge in [-0.25, -0.2) is 8.42 Å². The molecule has 5 nitrogen and oxygen atoms in total. The number of hydrogen-bond donors (Lipinski definition) is 0. The van der Waals surface area contributed by atoms with Crippen molar-refractivity contribution in [2.24, 2.45) is 0 Å². The summed E-state index contributed by atoms with van der Waals surface area (Å²) >= 11 is 1.63. The van der Waals surface area contributed by atoms with Gasteiger partial charge in [-0.1, -0.05) is 43.3 Å². The molecule has 0 saturated carbocycles. The van der Waals surface area contributed by atoms with Gasteiger partial charge < -0.3 is 4.90 Å². The van der Waals surface area contributed by atoms with Gasteiger partial charge in [-0.2, -0.15) is 17.5 Å². The molecule has 0 bridgehead atoms. The van der Waals surface area contributed by atoms with Gasteiger partial charge in [0.25, 0.3) is 0 Å². The van der Waals surface area contributed by atoms with E-state index in [2.05, 4.69) is 0 Å². The molecular weight excluding hydrogens is 497 g/mol. The number of thiophene rings is 1. The van der Waals surface area contributed by atoms with Crippen LogP contribution in [0.5, 0.6) is 0 Å². The summed E-state index contributed by atoms with van der Waals surface area (Å²) < 4.78 is 67.2. The van der Waals surface area contributed by atoms with Gasteiger partial charge in [0.15, 0.2) is 0 Å². The van der Waals surface area contributed by atoms with Crippen LogP contribution in [0.1, 0.15) is 41.0 Å². The highest BCUT2D eigenvalue weighted by Crippen LogP contribution is 2.38. The number of carbonyl (C=O) groups is 1. The van der Waals surface area contributed by atoms with Gasteiger partial charge in [-0.15, -0.1) is 11.3 Å². The van der Waals surface area contributed by atoms with Gasteiger partial charge in [0, 0.05) is 18.0 Å². The summed E-state index contributed by atoms with van der Waals surface area (Å²) in [6, 6.07) is 14.8. The van der Waals surface area contributed by atoms with Crippen molar-refractivity contribution >= 4 is 27.3 Å². The van der Waals surface area contributed by atoms with E-state index in [1.54, 1.807) is 23.2 Å². The smallest absolute Gasteiger partial charge is 0.330 e. The minimum absolute atomic E-state index is 0.0118. The molecule has 1 amide bonds. The number of hydrogen-bond acceptors (Lipinski definition) is 4. The summed E-state index contributed by atoms with van der Waals surface area (Å²) in [5.74, 6) is -0.389. The molecule has 1 aromatic heterocycles. The molecule has 0 saturated heterocycles. The van der Waals surface area contributed by atoms with Crippen LogP contribution in [0.3, 0.4) is 0 Å². The number of fused-ring (bicyclic) bond motifs is 1. The number of carbonyl (C=O) groups excluding carboxylic acids is 1. The molecule has 186 valence electrons. The Kier molecular flexibility index (Phi) is 7.35. The average Bonchev–Trinajstić information content (AvgIpc) is 3.32. The fourth-order valence-corrected chi connectivity index (χ4v) is 6.77. The first-order valence-electron chi connectivity index (χ1n) is 11.2. The molecule has 1 atom stereocenters. The van der Waals surface area contributed by atoms with E-state index in [4.69, 9.17) is 0 Å². The minimum atomic E-state index is -4.67. The summed E-state index contributed by atoms with van der Waals surface area (Å²) in [6.07, 6.45) is -3.61. The SMILES string of the molecule is CCCN(CC(=O)N1CCc2sccc2C1c1ccccc1)S(=O)(=O)c1cccc(C(F)(F)F)c1. The lowest BCUT2D eigenvalue weighted by atomic mass is 9.93. The molecule has 0 aliphatic carbocycles. The van der Waals surface area contributed by atoms with Crippen molar-refractivity contribution in [2.45, 2.75) is 36.9 Å². The minimum Gasteiger partial charge on any atom is -0.330 e. The van der Waals surface area contributed by atoms with Crippen molar-refractivity contribution in [3.63, 3.8) is 0 Å². The third-order valence-corrected chi connectivity index (χ3v) is 8.82. The van der Waals surface area contributed by atoms with Gasteiger partial charge in [0.1, 0.15) is 0 Å². The standard InChI is InChI=1S/C25H25F3N2O3S2/c1-2-13-29(35(32,33)20-10-6-9-19(16-20)25(26,27)28)17-23(31)30-14-11-22-21(12-15-34-22)24(30)18-7-4-3-5-8-18/h3-10,12,15-16,24H,2,11,13-14,17H2,1H3. The normalized spacial score (nSPS) is 16.4. The fourth-order valence-electron chi connectivity index (χ4n) is 4.34. The number of nitrogens with zero attached hydrogens (tertiary/aromatic N) is 2. The summed E-state index contributed by atoms with van der Waals surface area (Å²) in [5, 5.41) is 1.98. The third-order valence-electron chi connectivity index (χ3n) is 5.99. The van der Waals surface area contributed by atoms with Crippen LogP contribution in [0.4, 0.5) is 13.2 Å². The van der Waals surface area contributed by atoms with Crippen molar-refractivity contribution in [3.8, 4) is 0 Å². The Morgan fingerprint density at radius 1 is 1.11 bits per heavy atom. The molecule has 1 aliphatic heterocycles. The zero-order valence-electron chi connectivity index (χ0n) is 19.0. The highest BCUT2D eigenvalue weighted by atomic mass is 32.2. The van der Waals surface area contributed by atoms with Crippen LogP contribution < -0.4 is 0 Å². The van der Waals surface area contributed by atoms with Crippen molar-refractivity contribution in [1.29, 1.82) is 0 Å². The maximum Gasteiger partial charge on any atom is 0.416 e. The first kappa shape index (κ1) is 25.4. The van der Waals surface area contributed by atoms with Crippen LogP contribution in [0.2, 0.25) is 0 Å². The maximum atomic E-state index is 13.5. The maximum absolute atomic E-state index is 13.5. The predicted octanol–water partition coefficient (Wildman–Crippen LogP) is 5.34. The first-order chi connectivity index (χ1) is 16.6. The second-order valence-corrected chi connectivity index (χ2v) is 11.3. The predicted molar refractivity (Wildman–Crippen MR) is 129 cm³/mol. The molecule has 0 spiro atoms.